The van der Waals surface area contributed by atoms with Crippen molar-refractivity contribution in [2.75, 3.05) is 5.32 Å². The van der Waals surface area contributed by atoms with Crippen LogP contribution in [0.1, 0.15) is 37.9 Å². The van der Waals surface area contributed by atoms with E-state index in [-0.39, 0.29) is 11.3 Å². The summed E-state index contributed by atoms with van der Waals surface area (Å²) in [6.45, 7) is 1.76. The highest BCUT2D eigenvalue weighted by Crippen LogP contribution is 2.37. The molecule has 1 aliphatic carbocycles. The molecule has 0 spiro atoms. The molecule has 5 heteroatoms. The Morgan fingerprint density at radius 2 is 1.91 bits per heavy atom. The molecule has 0 amide bonds. The number of phenols is 1. The van der Waals surface area contributed by atoms with Gasteiger partial charge in [-0.25, -0.2) is 4.79 Å². The van der Waals surface area contributed by atoms with Crippen LogP contribution < -0.4 is 10.9 Å². The van der Waals surface area contributed by atoms with Crippen LogP contribution in [0.4, 0.5) is 5.88 Å². The minimum absolute atomic E-state index is 0.0380. The SMILES string of the molecule is Cc1oc(NC2CCCCC2)c2c1c(=O)oc1c(O)cccc12. The predicted molar refractivity (Wildman–Crippen MR) is 89.2 cm³/mol. The second kappa shape index (κ2) is 5.33. The number of hydrogen-bond donors (Lipinski definition) is 2. The fourth-order valence-corrected chi connectivity index (χ4v) is 3.55. The highest BCUT2D eigenvalue weighted by atomic mass is 16.4. The van der Waals surface area contributed by atoms with Crippen LogP contribution in [0.15, 0.2) is 31.8 Å². The lowest BCUT2D eigenvalue weighted by Crippen LogP contribution is -2.22. The maximum Gasteiger partial charge on any atom is 0.347 e. The Morgan fingerprint density at radius 3 is 2.70 bits per heavy atom. The normalized spacial score (nSPS) is 16.2. The van der Waals surface area contributed by atoms with Crippen LogP contribution in [0.25, 0.3) is 21.7 Å². The smallest absolute Gasteiger partial charge is 0.347 e. The number of para-hydroxylation sites is 1. The van der Waals surface area contributed by atoms with E-state index in [2.05, 4.69) is 5.32 Å². The molecule has 1 saturated carbocycles. The summed E-state index contributed by atoms with van der Waals surface area (Å²) in [7, 11) is 0. The number of phenolic OH excluding ortho intramolecular Hbond substituents is 1. The second-order valence-electron chi connectivity index (χ2n) is 6.26. The number of hydrogen-bond acceptors (Lipinski definition) is 5. The zero-order valence-corrected chi connectivity index (χ0v) is 13.0. The Hall–Kier alpha value is -2.43. The number of aryl methyl sites for hydroxylation is 1. The van der Waals surface area contributed by atoms with Crippen LogP contribution in [-0.2, 0) is 0 Å². The minimum atomic E-state index is -0.480. The van der Waals surface area contributed by atoms with Gasteiger partial charge >= 0.3 is 5.63 Å². The van der Waals surface area contributed by atoms with E-state index in [9.17, 15) is 9.90 Å². The van der Waals surface area contributed by atoms with Crippen molar-refractivity contribution in [3.05, 3.63) is 34.4 Å². The van der Waals surface area contributed by atoms with Gasteiger partial charge in [0.1, 0.15) is 11.1 Å². The van der Waals surface area contributed by atoms with Gasteiger partial charge in [-0.2, -0.15) is 0 Å². The molecule has 0 atom stereocenters. The van der Waals surface area contributed by atoms with Crippen molar-refractivity contribution in [3.63, 3.8) is 0 Å². The molecule has 0 aliphatic heterocycles. The zero-order chi connectivity index (χ0) is 16.0. The van der Waals surface area contributed by atoms with Crippen molar-refractivity contribution in [2.24, 2.45) is 0 Å². The summed E-state index contributed by atoms with van der Waals surface area (Å²) in [6.07, 6.45) is 5.89. The Labute approximate surface area is 132 Å². The van der Waals surface area contributed by atoms with Gasteiger partial charge in [-0.1, -0.05) is 31.4 Å². The second-order valence-corrected chi connectivity index (χ2v) is 6.26. The van der Waals surface area contributed by atoms with Gasteiger partial charge in [0, 0.05) is 11.4 Å². The fraction of sp³-hybridized carbons (Fsp3) is 0.389. The molecule has 1 aliphatic rings. The van der Waals surface area contributed by atoms with Crippen molar-refractivity contribution in [1.29, 1.82) is 0 Å². The first kappa shape index (κ1) is 14.2. The lowest BCUT2D eigenvalue weighted by Gasteiger charge is -2.22. The molecule has 0 bridgehead atoms. The third kappa shape index (κ3) is 2.27. The van der Waals surface area contributed by atoms with E-state index < -0.39 is 5.63 Å². The van der Waals surface area contributed by atoms with Crippen LogP contribution in [0.2, 0.25) is 0 Å². The molecule has 2 N–H and O–H groups in total. The summed E-state index contributed by atoms with van der Waals surface area (Å²) >= 11 is 0. The molecule has 23 heavy (non-hydrogen) atoms. The van der Waals surface area contributed by atoms with Crippen molar-refractivity contribution < 1.29 is 13.9 Å². The van der Waals surface area contributed by atoms with Crippen LogP contribution >= 0.6 is 0 Å². The Balaban J connectivity index is 1.95. The Bertz CT molecular complexity index is 931. The summed E-state index contributed by atoms with van der Waals surface area (Å²) < 4.78 is 11.1. The predicted octanol–water partition coefficient (Wildman–Crippen LogP) is 4.30. The molecule has 0 unspecified atom stereocenters. The van der Waals surface area contributed by atoms with Crippen LogP contribution in [-0.4, -0.2) is 11.1 Å². The highest BCUT2D eigenvalue weighted by molar-refractivity contribution is 6.11. The number of benzene rings is 1. The number of fused-ring (bicyclic) bond motifs is 3. The van der Waals surface area contributed by atoms with E-state index in [1.165, 1.54) is 25.3 Å². The molecule has 120 valence electrons. The third-order valence-electron chi connectivity index (χ3n) is 4.69. The average Bonchev–Trinajstić information content (AvgIpc) is 2.87. The van der Waals surface area contributed by atoms with Gasteiger partial charge in [-0.15, -0.1) is 0 Å². The molecule has 0 saturated heterocycles. The topological polar surface area (TPSA) is 75.6 Å². The van der Waals surface area contributed by atoms with E-state index in [4.69, 9.17) is 8.83 Å². The van der Waals surface area contributed by atoms with Gasteiger partial charge in [0.25, 0.3) is 0 Å². The van der Waals surface area contributed by atoms with Crippen LogP contribution in [0.5, 0.6) is 5.75 Å². The number of anilines is 1. The molecule has 2 heterocycles. The standard InChI is InChI=1S/C18H19NO4/c1-10-14-15(17(22-10)19-11-6-3-2-4-7-11)12-8-5-9-13(20)16(12)23-18(14)21/h5,8-9,11,19-20H,2-4,6-7H2,1H3. The first-order valence-electron chi connectivity index (χ1n) is 8.09. The van der Waals surface area contributed by atoms with Gasteiger partial charge in [-0.05, 0) is 25.8 Å². The number of furan rings is 1. The first-order chi connectivity index (χ1) is 11.1. The quantitative estimate of drug-likeness (QED) is 0.690. The van der Waals surface area contributed by atoms with E-state index in [1.54, 1.807) is 13.0 Å². The average molecular weight is 313 g/mol. The molecule has 1 aromatic carbocycles. The number of nitrogens with one attached hydrogen (secondary N) is 1. The molecule has 3 aromatic rings. The summed E-state index contributed by atoms with van der Waals surface area (Å²) in [4.78, 5) is 12.3. The molecule has 0 radical (unpaired) electrons. The van der Waals surface area contributed by atoms with Crippen LogP contribution in [0.3, 0.4) is 0 Å². The van der Waals surface area contributed by atoms with Gasteiger partial charge in [0.05, 0.1) is 5.39 Å². The van der Waals surface area contributed by atoms with E-state index in [0.717, 1.165) is 12.8 Å². The lowest BCUT2D eigenvalue weighted by molar-refractivity contribution is 0.448. The summed E-state index contributed by atoms with van der Waals surface area (Å²) in [5, 5.41) is 15.3. The van der Waals surface area contributed by atoms with Crippen molar-refractivity contribution in [1.82, 2.24) is 0 Å². The van der Waals surface area contributed by atoms with Gasteiger partial charge in [0.15, 0.2) is 11.3 Å². The van der Waals surface area contributed by atoms with E-state index in [0.29, 0.717) is 33.8 Å². The number of aromatic hydroxyl groups is 1. The number of rotatable bonds is 2. The van der Waals surface area contributed by atoms with Crippen molar-refractivity contribution >= 4 is 27.6 Å². The molecule has 5 nitrogen and oxygen atoms in total. The summed E-state index contributed by atoms with van der Waals surface area (Å²) in [5.41, 5.74) is -0.274. The fourth-order valence-electron chi connectivity index (χ4n) is 3.55. The van der Waals surface area contributed by atoms with E-state index >= 15 is 0 Å². The third-order valence-corrected chi connectivity index (χ3v) is 4.69. The molecule has 2 aromatic heterocycles. The highest BCUT2D eigenvalue weighted by Gasteiger charge is 2.22. The van der Waals surface area contributed by atoms with Gasteiger partial charge in [0.2, 0.25) is 5.88 Å². The largest absolute Gasteiger partial charge is 0.504 e. The van der Waals surface area contributed by atoms with Crippen LogP contribution in [0, 0.1) is 6.92 Å². The Kier molecular flexibility index (Phi) is 3.29. The molecular formula is C18H19NO4. The summed E-state index contributed by atoms with van der Waals surface area (Å²) in [5.74, 6) is 1.11. The van der Waals surface area contributed by atoms with E-state index in [1.807, 2.05) is 6.07 Å². The molecule has 4 rings (SSSR count). The summed E-state index contributed by atoms with van der Waals surface area (Å²) in [6, 6.07) is 5.45. The first-order valence-corrected chi connectivity index (χ1v) is 8.09. The van der Waals surface area contributed by atoms with Gasteiger partial charge in [-0.3, -0.25) is 0 Å². The maximum absolute atomic E-state index is 12.3. The molecular weight excluding hydrogens is 294 g/mol. The maximum atomic E-state index is 12.3. The minimum Gasteiger partial charge on any atom is -0.504 e. The van der Waals surface area contributed by atoms with Gasteiger partial charge < -0.3 is 19.3 Å². The Morgan fingerprint density at radius 1 is 1.13 bits per heavy atom. The zero-order valence-electron chi connectivity index (χ0n) is 13.0. The monoisotopic (exact) mass is 313 g/mol. The lowest BCUT2D eigenvalue weighted by atomic mass is 9.95. The van der Waals surface area contributed by atoms with Crippen molar-refractivity contribution in [2.45, 2.75) is 45.1 Å². The van der Waals surface area contributed by atoms with Crippen molar-refractivity contribution in [3.8, 4) is 5.75 Å². The molecule has 1 fully saturated rings.